The van der Waals surface area contributed by atoms with Gasteiger partial charge >= 0.3 is 5.97 Å². The van der Waals surface area contributed by atoms with Crippen molar-refractivity contribution in [2.45, 2.75) is 32.4 Å². The fraction of sp³-hybridized carbons (Fsp3) is 0.909. The first kappa shape index (κ1) is 15.3. The Morgan fingerprint density at radius 2 is 1.88 bits per heavy atom. The Bertz CT molecular complexity index is 209. The number of hydrogen-bond donors (Lipinski definition) is 2. The lowest BCUT2D eigenvalue weighted by Crippen LogP contribution is -2.44. The highest BCUT2D eigenvalue weighted by molar-refractivity contribution is 5.67. The van der Waals surface area contributed by atoms with Gasteiger partial charge in [0.2, 0.25) is 0 Å². The van der Waals surface area contributed by atoms with E-state index in [1.165, 1.54) is 0 Å². The Labute approximate surface area is 97.7 Å². The molecule has 0 heterocycles. The summed E-state index contributed by atoms with van der Waals surface area (Å²) < 4.78 is 0. The van der Waals surface area contributed by atoms with Gasteiger partial charge in [0, 0.05) is 19.1 Å². The molecule has 2 unspecified atom stereocenters. The first-order valence-corrected chi connectivity index (χ1v) is 5.65. The fourth-order valence-corrected chi connectivity index (χ4v) is 1.80. The zero-order chi connectivity index (χ0) is 12.7. The molecule has 0 bridgehead atoms. The molecule has 2 N–H and O–H groups in total. The first-order chi connectivity index (χ1) is 7.36. The second-order valence-electron chi connectivity index (χ2n) is 4.45. The molecule has 0 aromatic heterocycles. The quantitative estimate of drug-likeness (QED) is 0.621. The van der Waals surface area contributed by atoms with Gasteiger partial charge in [0.1, 0.15) is 0 Å². The highest BCUT2D eigenvalue weighted by Gasteiger charge is 2.18. The molecule has 0 saturated carbocycles. The van der Waals surface area contributed by atoms with Crippen LogP contribution in [0.15, 0.2) is 0 Å². The lowest BCUT2D eigenvalue weighted by atomic mass is 10.2. The van der Waals surface area contributed by atoms with Gasteiger partial charge < -0.3 is 15.1 Å². The highest BCUT2D eigenvalue weighted by atomic mass is 16.4. The van der Waals surface area contributed by atoms with Gasteiger partial charge in [0.05, 0.1) is 12.5 Å². The predicted molar refractivity (Wildman–Crippen MR) is 63.5 cm³/mol. The van der Waals surface area contributed by atoms with E-state index in [2.05, 4.69) is 16.7 Å². The van der Waals surface area contributed by atoms with Gasteiger partial charge in [0.25, 0.3) is 0 Å². The van der Waals surface area contributed by atoms with E-state index in [0.717, 1.165) is 13.1 Å². The van der Waals surface area contributed by atoms with Crippen molar-refractivity contribution in [1.29, 1.82) is 0 Å². The molecule has 0 aromatic carbocycles. The van der Waals surface area contributed by atoms with Crippen molar-refractivity contribution in [2.24, 2.45) is 0 Å². The summed E-state index contributed by atoms with van der Waals surface area (Å²) in [5.74, 6) is -0.955. The highest BCUT2D eigenvalue weighted by Crippen LogP contribution is 2.04. The van der Waals surface area contributed by atoms with Crippen molar-refractivity contribution < 1.29 is 15.0 Å². The van der Waals surface area contributed by atoms with Crippen molar-refractivity contribution in [1.82, 2.24) is 9.80 Å². The van der Waals surface area contributed by atoms with Gasteiger partial charge in [-0.15, -0.1) is 0 Å². The summed E-state index contributed by atoms with van der Waals surface area (Å²) in [7, 11) is 4.00. The van der Waals surface area contributed by atoms with Crippen LogP contribution in [0, 0.1) is 0 Å². The van der Waals surface area contributed by atoms with Gasteiger partial charge in [-0.3, -0.25) is 9.69 Å². The Kier molecular flexibility index (Phi) is 7.29. The summed E-state index contributed by atoms with van der Waals surface area (Å²) in [5, 5.41) is 18.1. The van der Waals surface area contributed by atoms with Crippen molar-refractivity contribution in [2.75, 3.05) is 33.7 Å². The van der Waals surface area contributed by atoms with Crippen molar-refractivity contribution in [3.8, 4) is 0 Å². The summed E-state index contributed by atoms with van der Waals surface area (Å²) in [4.78, 5) is 14.6. The molecule has 0 fully saturated rings. The topological polar surface area (TPSA) is 64.0 Å². The van der Waals surface area contributed by atoms with E-state index in [-0.39, 0.29) is 6.42 Å². The Morgan fingerprint density at radius 1 is 1.31 bits per heavy atom. The van der Waals surface area contributed by atoms with Crippen molar-refractivity contribution in [3.63, 3.8) is 0 Å². The van der Waals surface area contributed by atoms with Crippen LogP contribution >= 0.6 is 0 Å². The second-order valence-corrected chi connectivity index (χ2v) is 4.45. The van der Waals surface area contributed by atoms with Crippen LogP contribution in [0.3, 0.4) is 0 Å². The lowest BCUT2D eigenvalue weighted by molar-refractivity contribution is -0.139. The molecule has 0 aliphatic heterocycles. The van der Waals surface area contributed by atoms with Crippen LogP contribution in [-0.2, 0) is 4.79 Å². The number of hydrogen-bond acceptors (Lipinski definition) is 4. The number of aliphatic carboxylic acids is 1. The molecule has 16 heavy (non-hydrogen) atoms. The predicted octanol–water partition coefficient (Wildman–Crippen LogP) is 0.0940. The molecule has 0 amide bonds. The maximum atomic E-state index is 10.4. The van der Waals surface area contributed by atoms with E-state index >= 15 is 0 Å². The molecule has 5 nitrogen and oxygen atoms in total. The van der Waals surface area contributed by atoms with E-state index in [4.69, 9.17) is 5.11 Å². The Hall–Kier alpha value is -0.650. The number of nitrogens with zero attached hydrogens (tertiary/aromatic N) is 2. The molecule has 2 atom stereocenters. The number of carboxylic acids is 1. The molecule has 0 rings (SSSR count). The maximum Gasteiger partial charge on any atom is 0.306 e. The maximum absolute atomic E-state index is 10.4. The smallest absolute Gasteiger partial charge is 0.306 e. The van der Waals surface area contributed by atoms with Crippen LogP contribution in [0.5, 0.6) is 0 Å². The summed E-state index contributed by atoms with van der Waals surface area (Å²) in [6.07, 6.45) is -0.979. The van der Waals surface area contributed by atoms with Crippen LogP contribution in [0.2, 0.25) is 0 Å². The number of aliphatic hydroxyl groups excluding tert-OH is 1. The van der Waals surface area contributed by atoms with Crippen molar-refractivity contribution >= 4 is 5.97 Å². The molecule has 0 aliphatic carbocycles. The fourth-order valence-electron chi connectivity index (χ4n) is 1.80. The average molecular weight is 232 g/mol. The molecule has 0 radical (unpaired) electrons. The number of carboxylic acid groups (broad SMARTS) is 1. The van der Waals surface area contributed by atoms with Crippen LogP contribution in [0.25, 0.3) is 0 Å². The molecular weight excluding hydrogens is 208 g/mol. The van der Waals surface area contributed by atoms with E-state index < -0.39 is 12.1 Å². The largest absolute Gasteiger partial charge is 0.481 e. The summed E-state index contributed by atoms with van der Waals surface area (Å²) in [6.45, 7) is 6.22. The monoisotopic (exact) mass is 232 g/mol. The van der Waals surface area contributed by atoms with Gasteiger partial charge in [-0.05, 0) is 27.6 Å². The molecule has 5 heteroatoms. The molecule has 96 valence electrons. The number of aliphatic hydroxyl groups is 1. The third-order valence-electron chi connectivity index (χ3n) is 2.51. The van der Waals surface area contributed by atoms with E-state index in [0.29, 0.717) is 12.6 Å². The number of rotatable bonds is 8. The van der Waals surface area contributed by atoms with Gasteiger partial charge in [-0.1, -0.05) is 6.92 Å². The molecule has 0 spiro atoms. The third kappa shape index (κ3) is 6.76. The van der Waals surface area contributed by atoms with Gasteiger partial charge in [-0.25, -0.2) is 0 Å². The minimum atomic E-state index is -0.955. The Morgan fingerprint density at radius 3 is 2.25 bits per heavy atom. The lowest BCUT2D eigenvalue weighted by Gasteiger charge is -2.31. The molecule has 0 aromatic rings. The van der Waals surface area contributed by atoms with Crippen LogP contribution in [-0.4, -0.2) is 71.9 Å². The summed E-state index contributed by atoms with van der Waals surface area (Å²) in [5.41, 5.74) is 0. The normalized spacial score (nSPS) is 15.4. The SMILES string of the molecule is CCN(CC(O)CC(=O)O)C(C)CN(C)C. The third-order valence-corrected chi connectivity index (χ3v) is 2.51. The minimum absolute atomic E-state index is 0.189. The van der Waals surface area contributed by atoms with Crippen LogP contribution < -0.4 is 0 Å². The van der Waals surface area contributed by atoms with Crippen LogP contribution in [0.1, 0.15) is 20.3 Å². The number of likely N-dealkylation sites (N-methyl/N-ethyl adjacent to an activating group) is 2. The van der Waals surface area contributed by atoms with Crippen molar-refractivity contribution in [3.05, 3.63) is 0 Å². The van der Waals surface area contributed by atoms with E-state index in [1.807, 2.05) is 21.0 Å². The van der Waals surface area contributed by atoms with Crippen LogP contribution in [0.4, 0.5) is 0 Å². The minimum Gasteiger partial charge on any atom is -0.481 e. The molecule has 0 saturated heterocycles. The van der Waals surface area contributed by atoms with E-state index in [1.54, 1.807) is 0 Å². The zero-order valence-corrected chi connectivity index (χ0v) is 10.7. The summed E-state index contributed by atoms with van der Waals surface area (Å²) in [6, 6.07) is 0.309. The average Bonchev–Trinajstić information content (AvgIpc) is 2.11. The second kappa shape index (κ2) is 7.60. The molecular formula is C11H24N2O3. The zero-order valence-electron chi connectivity index (χ0n) is 10.7. The van der Waals surface area contributed by atoms with Gasteiger partial charge in [-0.2, -0.15) is 0 Å². The van der Waals surface area contributed by atoms with E-state index in [9.17, 15) is 9.90 Å². The number of carbonyl (C=O) groups is 1. The standard InChI is InChI=1S/C11H24N2O3/c1-5-13(9(2)7-12(3)4)8-10(14)6-11(15)16/h9-10,14H,5-8H2,1-4H3,(H,15,16). The summed E-state index contributed by atoms with van der Waals surface area (Å²) >= 11 is 0. The first-order valence-electron chi connectivity index (χ1n) is 5.65. The Balaban J connectivity index is 4.12. The van der Waals surface area contributed by atoms with Gasteiger partial charge in [0.15, 0.2) is 0 Å². The molecule has 0 aliphatic rings.